The van der Waals surface area contributed by atoms with Crippen molar-refractivity contribution in [3.63, 3.8) is 0 Å². The van der Waals surface area contributed by atoms with Gasteiger partial charge < -0.3 is 10.4 Å². The molecule has 2 N–H and O–H groups in total. The van der Waals surface area contributed by atoms with Crippen LogP contribution in [0.4, 0.5) is 0 Å². The molecule has 1 heterocycles. The van der Waals surface area contributed by atoms with E-state index in [4.69, 9.17) is 5.26 Å². The molecule has 1 aromatic carbocycles. The lowest BCUT2D eigenvalue weighted by Gasteiger charge is -2.05. The molecule has 0 amide bonds. The highest BCUT2D eigenvalue weighted by Crippen LogP contribution is 2.18. The molecule has 1 saturated carbocycles. The Hall–Kier alpha value is -2.06. The van der Waals surface area contributed by atoms with Gasteiger partial charge in [0.15, 0.2) is 0 Å². The Labute approximate surface area is 121 Å². The van der Waals surface area contributed by atoms with E-state index in [0.717, 1.165) is 16.1 Å². The molecule has 102 valence electrons. The fourth-order valence-electron chi connectivity index (χ4n) is 2.41. The van der Waals surface area contributed by atoms with Crippen LogP contribution in [0.2, 0.25) is 0 Å². The average molecular weight is 284 g/mol. The molecule has 20 heavy (non-hydrogen) atoms. The molecule has 0 aliphatic heterocycles. The summed E-state index contributed by atoms with van der Waals surface area (Å²) in [6.07, 6.45) is 5.05. The SMILES string of the molecule is N#Cc1ccc(-c2csc(=NNC3CCCC3)[nH]2)cc1. The number of aromatic nitrogens is 1. The van der Waals surface area contributed by atoms with E-state index in [9.17, 15) is 0 Å². The molecule has 0 bridgehead atoms. The summed E-state index contributed by atoms with van der Waals surface area (Å²) in [5, 5.41) is 15.3. The maximum absolute atomic E-state index is 8.80. The summed E-state index contributed by atoms with van der Waals surface area (Å²) in [6.45, 7) is 0. The summed E-state index contributed by atoms with van der Waals surface area (Å²) in [7, 11) is 0. The molecule has 3 rings (SSSR count). The van der Waals surface area contributed by atoms with E-state index in [-0.39, 0.29) is 0 Å². The summed E-state index contributed by atoms with van der Waals surface area (Å²) in [5.41, 5.74) is 6.03. The maximum atomic E-state index is 8.80. The molecule has 0 radical (unpaired) electrons. The number of benzene rings is 1. The first-order valence-electron chi connectivity index (χ1n) is 6.83. The molecule has 1 fully saturated rings. The highest BCUT2D eigenvalue weighted by Gasteiger charge is 2.13. The Morgan fingerprint density at radius 2 is 2.00 bits per heavy atom. The predicted octanol–water partition coefficient (Wildman–Crippen LogP) is 2.96. The summed E-state index contributed by atoms with van der Waals surface area (Å²) < 4.78 is 0. The van der Waals surface area contributed by atoms with Crippen molar-refractivity contribution in [2.45, 2.75) is 31.7 Å². The minimum Gasteiger partial charge on any atom is -0.329 e. The predicted molar refractivity (Wildman–Crippen MR) is 79.8 cm³/mol. The highest BCUT2D eigenvalue weighted by molar-refractivity contribution is 7.07. The zero-order valence-electron chi connectivity index (χ0n) is 11.1. The van der Waals surface area contributed by atoms with Gasteiger partial charge in [-0.3, -0.25) is 0 Å². The van der Waals surface area contributed by atoms with Gasteiger partial charge in [-0.15, -0.1) is 11.3 Å². The van der Waals surface area contributed by atoms with Crippen LogP contribution in [0.3, 0.4) is 0 Å². The van der Waals surface area contributed by atoms with Gasteiger partial charge in [-0.25, -0.2) is 0 Å². The number of nitriles is 1. The largest absolute Gasteiger partial charge is 0.329 e. The molecule has 4 nitrogen and oxygen atoms in total. The molecule has 2 aromatic rings. The molecule has 0 atom stereocenters. The number of hydrogen-bond donors (Lipinski definition) is 2. The zero-order valence-corrected chi connectivity index (χ0v) is 11.9. The van der Waals surface area contributed by atoms with E-state index in [2.05, 4.69) is 27.0 Å². The third-order valence-corrected chi connectivity index (χ3v) is 4.33. The van der Waals surface area contributed by atoms with Crippen molar-refractivity contribution in [3.8, 4) is 17.3 Å². The zero-order chi connectivity index (χ0) is 13.8. The fraction of sp³-hybridized carbons (Fsp3) is 0.333. The van der Waals surface area contributed by atoms with Crippen LogP contribution in [-0.4, -0.2) is 11.0 Å². The van der Waals surface area contributed by atoms with Gasteiger partial charge in [-0.2, -0.15) is 10.4 Å². The number of nitrogens with one attached hydrogen (secondary N) is 2. The van der Waals surface area contributed by atoms with Crippen molar-refractivity contribution in [2.75, 3.05) is 0 Å². The molecule has 0 spiro atoms. The van der Waals surface area contributed by atoms with E-state index in [1.165, 1.54) is 25.7 Å². The molecule has 0 unspecified atom stereocenters. The Bertz CT molecular complexity index is 669. The lowest BCUT2D eigenvalue weighted by atomic mass is 10.1. The van der Waals surface area contributed by atoms with Crippen LogP contribution in [0, 0.1) is 11.3 Å². The van der Waals surface area contributed by atoms with Crippen molar-refractivity contribution in [2.24, 2.45) is 5.10 Å². The smallest absolute Gasteiger partial charge is 0.205 e. The van der Waals surface area contributed by atoms with Crippen LogP contribution in [0.1, 0.15) is 31.2 Å². The molecular formula is C15H16N4S. The quantitative estimate of drug-likeness (QED) is 0.851. The molecular weight excluding hydrogens is 268 g/mol. The number of nitrogens with zero attached hydrogens (tertiary/aromatic N) is 2. The third-order valence-electron chi connectivity index (χ3n) is 3.56. The van der Waals surface area contributed by atoms with Gasteiger partial charge >= 0.3 is 0 Å². The second kappa shape index (κ2) is 5.93. The molecule has 1 aromatic heterocycles. The van der Waals surface area contributed by atoms with Crippen LogP contribution >= 0.6 is 11.3 Å². The van der Waals surface area contributed by atoms with Gasteiger partial charge in [0.25, 0.3) is 0 Å². The number of hydrogen-bond acceptors (Lipinski definition) is 4. The monoisotopic (exact) mass is 284 g/mol. The summed E-state index contributed by atoms with van der Waals surface area (Å²) in [6, 6.07) is 10.2. The van der Waals surface area contributed by atoms with E-state index in [1.54, 1.807) is 11.3 Å². The summed E-state index contributed by atoms with van der Waals surface area (Å²) in [4.78, 5) is 4.18. The number of H-pyrrole nitrogens is 1. The fourth-order valence-corrected chi connectivity index (χ4v) is 3.11. The molecule has 1 aliphatic rings. The molecule has 5 heteroatoms. The first kappa shape index (κ1) is 12.9. The highest BCUT2D eigenvalue weighted by atomic mass is 32.1. The Kier molecular flexibility index (Phi) is 3.84. The van der Waals surface area contributed by atoms with Gasteiger partial charge in [-0.1, -0.05) is 25.0 Å². The first-order chi connectivity index (χ1) is 9.85. The van der Waals surface area contributed by atoms with Gasteiger partial charge in [-0.05, 0) is 30.5 Å². The minimum absolute atomic E-state index is 0.531. The van der Waals surface area contributed by atoms with Crippen LogP contribution in [0.25, 0.3) is 11.3 Å². The van der Waals surface area contributed by atoms with E-state index < -0.39 is 0 Å². The van der Waals surface area contributed by atoms with Crippen LogP contribution in [-0.2, 0) is 0 Å². The van der Waals surface area contributed by atoms with Crippen molar-refractivity contribution in [3.05, 3.63) is 40.0 Å². The van der Waals surface area contributed by atoms with E-state index in [0.29, 0.717) is 11.6 Å². The lowest BCUT2D eigenvalue weighted by molar-refractivity contribution is 0.536. The third kappa shape index (κ3) is 2.91. The Morgan fingerprint density at radius 1 is 1.25 bits per heavy atom. The lowest BCUT2D eigenvalue weighted by Crippen LogP contribution is -2.23. The first-order valence-corrected chi connectivity index (χ1v) is 7.71. The summed E-state index contributed by atoms with van der Waals surface area (Å²) >= 11 is 1.59. The van der Waals surface area contributed by atoms with Crippen molar-refractivity contribution < 1.29 is 0 Å². The van der Waals surface area contributed by atoms with Gasteiger partial charge in [0.05, 0.1) is 17.3 Å². The number of thiazole rings is 1. The normalized spacial score (nSPS) is 16.2. The minimum atomic E-state index is 0.531. The average Bonchev–Trinajstić information content (AvgIpc) is 3.17. The van der Waals surface area contributed by atoms with Crippen LogP contribution < -0.4 is 10.2 Å². The van der Waals surface area contributed by atoms with E-state index >= 15 is 0 Å². The van der Waals surface area contributed by atoms with Crippen molar-refractivity contribution >= 4 is 11.3 Å². The molecule has 0 saturated heterocycles. The number of rotatable bonds is 3. The Morgan fingerprint density at radius 3 is 2.70 bits per heavy atom. The van der Waals surface area contributed by atoms with Crippen LogP contribution in [0.15, 0.2) is 34.7 Å². The molecule has 1 aliphatic carbocycles. The standard InChI is InChI=1S/C15H16N4S/c16-9-11-5-7-12(8-6-11)14-10-20-15(17-14)19-18-13-3-1-2-4-13/h5-8,10,13,18H,1-4H2,(H,17,19). The second-order valence-corrected chi connectivity index (χ2v) is 5.85. The summed E-state index contributed by atoms with van der Waals surface area (Å²) in [5.74, 6) is 0. The van der Waals surface area contributed by atoms with Crippen molar-refractivity contribution in [1.82, 2.24) is 10.4 Å². The second-order valence-electron chi connectivity index (χ2n) is 4.99. The van der Waals surface area contributed by atoms with E-state index in [1.807, 2.05) is 24.3 Å². The number of aromatic amines is 1. The van der Waals surface area contributed by atoms with Crippen LogP contribution in [0.5, 0.6) is 0 Å². The topological polar surface area (TPSA) is 64.0 Å². The Balaban J connectivity index is 1.75. The van der Waals surface area contributed by atoms with Gasteiger partial charge in [0, 0.05) is 11.4 Å². The van der Waals surface area contributed by atoms with Gasteiger partial charge in [0.2, 0.25) is 4.80 Å². The maximum Gasteiger partial charge on any atom is 0.205 e. The van der Waals surface area contributed by atoms with Crippen molar-refractivity contribution in [1.29, 1.82) is 5.26 Å². The van der Waals surface area contributed by atoms with Gasteiger partial charge in [0.1, 0.15) is 0 Å².